The SMILES string of the molecule is NCCn1cc(C(=O)NC2CCCc3sccc32)nn1. The van der Waals surface area contributed by atoms with Gasteiger partial charge in [0.2, 0.25) is 0 Å². The number of hydrogen-bond donors (Lipinski definition) is 2. The van der Waals surface area contributed by atoms with Gasteiger partial charge < -0.3 is 11.1 Å². The number of fused-ring (bicyclic) bond motifs is 1. The minimum absolute atomic E-state index is 0.0946. The number of nitrogens with one attached hydrogen (secondary N) is 1. The normalized spacial score (nSPS) is 17.8. The molecule has 106 valence electrons. The highest BCUT2D eigenvalue weighted by atomic mass is 32.1. The Kier molecular flexibility index (Phi) is 3.79. The molecule has 1 amide bonds. The first-order valence-corrected chi connectivity index (χ1v) is 7.63. The van der Waals surface area contributed by atoms with Crippen LogP contribution < -0.4 is 11.1 Å². The predicted octanol–water partition coefficient (Wildman–Crippen LogP) is 1.11. The summed E-state index contributed by atoms with van der Waals surface area (Å²) in [6.07, 6.45) is 4.84. The van der Waals surface area contributed by atoms with Gasteiger partial charge in [-0.1, -0.05) is 5.21 Å². The highest BCUT2D eigenvalue weighted by Crippen LogP contribution is 2.33. The van der Waals surface area contributed by atoms with Crippen molar-refractivity contribution in [3.63, 3.8) is 0 Å². The van der Waals surface area contributed by atoms with Crippen molar-refractivity contribution < 1.29 is 4.79 Å². The molecule has 0 aromatic carbocycles. The Hall–Kier alpha value is -1.73. The van der Waals surface area contributed by atoms with Gasteiger partial charge in [0.1, 0.15) is 0 Å². The maximum atomic E-state index is 12.2. The Morgan fingerprint density at radius 2 is 2.50 bits per heavy atom. The number of thiophene rings is 1. The summed E-state index contributed by atoms with van der Waals surface area (Å²) in [7, 11) is 0. The molecule has 1 aliphatic rings. The fraction of sp³-hybridized carbons (Fsp3) is 0.462. The molecule has 20 heavy (non-hydrogen) atoms. The standard InChI is InChI=1S/C13H17N5OS/c14-5-6-18-8-11(16-17-18)13(19)15-10-2-1-3-12-9(10)4-7-20-12/h4,7-8,10H,1-3,5-6,14H2,(H,15,19). The van der Waals surface area contributed by atoms with Gasteiger partial charge in [0.15, 0.2) is 5.69 Å². The average molecular weight is 291 g/mol. The number of nitrogens with zero attached hydrogens (tertiary/aromatic N) is 3. The first-order valence-electron chi connectivity index (χ1n) is 6.75. The zero-order valence-electron chi connectivity index (χ0n) is 11.1. The summed E-state index contributed by atoms with van der Waals surface area (Å²) < 4.78 is 1.59. The number of carbonyl (C=O) groups is 1. The third-order valence-electron chi connectivity index (χ3n) is 3.49. The molecule has 0 radical (unpaired) electrons. The lowest BCUT2D eigenvalue weighted by Crippen LogP contribution is -2.30. The van der Waals surface area contributed by atoms with E-state index in [1.54, 1.807) is 22.2 Å². The van der Waals surface area contributed by atoms with Crippen molar-refractivity contribution in [2.75, 3.05) is 6.54 Å². The molecule has 0 saturated heterocycles. The molecule has 0 fully saturated rings. The minimum Gasteiger partial charge on any atom is -0.344 e. The fourth-order valence-electron chi connectivity index (χ4n) is 2.51. The van der Waals surface area contributed by atoms with E-state index in [2.05, 4.69) is 27.1 Å². The van der Waals surface area contributed by atoms with Gasteiger partial charge in [-0.15, -0.1) is 16.4 Å². The first-order chi connectivity index (χ1) is 9.78. The number of carbonyl (C=O) groups excluding carboxylic acids is 1. The van der Waals surface area contributed by atoms with Gasteiger partial charge in [0.05, 0.1) is 18.8 Å². The summed E-state index contributed by atoms with van der Waals surface area (Å²) in [6, 6.07) is 2.20. The molecule has 2 aromatic rings. The van der Waals surface area contributed by atoms with E-state index >= 15 is 0 Å². The van der Waals surface area contributed by atoms with Crippen LogP contribution in [0.3, 0.4) is 0 Å². The van der Waals surface area contributed by atoms with E-state index in [4.69, 9.17) is 5.73 Å². The summed E-state index contributed by atoms with van der Waals surface area (Å²) in [6.45, 7) is 1.05. The van der Waals surface area contributed by atoms with Gasteiger partial charge in [-0.05, 0) is 36.3 Å². The lowest BCUT2D eigenvalue weighted by molar-refractivity contribution is 0.0928. The van der Waals surface area contributed by atoms with Crippen LogP contribution in [0.15, 0.2) is 17.6 Å². The molecule has 3 rings (SSSR count). The molecular formula is C13H17N5OS. The third kappa shape index (κ3) is 2.59. The van der Waals surface area contributed by atoms with Crippen molar-refractivity contribution in [3.8, 4) is 0 Å². The van der Waals surface area contributed by atoms with Gasteiger partial charge in [0.25, 0.3) is 5.91 Å². The van der Waals surface area contributed by atoms with Crippen LogP contribution >= 0.6 is 11.3 Å². The molecular weight excluding hydrogens is 274 g/mol. The number of hydrogen-bond acceptors (Lipinski definition) is 5. The van der Waals surface area contributed by atoms with Crippen molar-refractivity contribution in [3.05, 3.63) is 33.8 Å². The topological polar surface area (TPSA) is 85.8 Å². The van der Waals surface area contributed by atoms with Crippen LogP contribution in [-0.4, -0.2) is 27.4 Å². The second-order valence-electron chi connectivity index (χ2n) is 4.87. The number of rotatable bonds is 4. The summed E-state index contributed by atoms with van der Waals surface area (Å²) >= 11 is 1.77. The third-order valence-corrected chi connectivity index (χ3v) is 4.48. The number of aryl methyl sites for hydroxylation is 1. The number of nitrogens with two attached hydrogens (primary N) is 1. The van der Waals surface area contributed by atoms with E-state index in [0.29, 0.717) is 18.8 Å². The fourth-order valence-corrected chi connectivity index (χ4v) is 3.50. The quantitative estimate of drug-likeness (QED) is 0.883. The Labute approximate surface area is 121 Å². The van der Waals surface area contributed by atoms with E-state index in [1.165, 1.54) is 10.4 Å². The van der Waals surface area contributed by atoms with Crippen LogP contribution in [0, 0.1) is 0 Å². The highest BCUT2D eigenvalue weighted by molar-refractivity contribution is 7.10. The van der Waals surface area contributed by atoms with Crippen molar-refractivity contribution >= 4 is 17.2 Å². The smallest absolute Gasteiger partial charge is 0.273 e. The minimum atomic E-state index is -0.169. The molecule has 0 aliphatic heterocycles. The molecule has 7 heteroatoms. The maximum Gasteiger partial charge on any atom is 0.273 e. The Balaban J connectivity index is 1.70. The number of aromatic nitrogens is 3. The average Bonchev–Trinajstić information content (AvgIpc) is 3.08. The van der Waals surface area contributed by atoms with Gasteiger partial charge in [-0.3, -0.25) is 9.48 Å². The number of amides is 1. The van der Waals surface area contributed by atoms with Crippen molar-refractivity contribution in [2.24, 2.45) is 5.73 Å². The van der Waals surface area contributed by atoms with Gasteiger partial charge in [-0.25, -0.2) is 0 Å². The zero-order chi connectivity index (χ0) is 13.9. The van der Waals surface area contributed by atoms with Crippen LogP contribution in [0.25, 0.3) is 0 Å². The van der Waals surface area contributed by atoms with Crippen molar-refractivity contribution in [2.45, 2.75) is 31.8 Å². The van der Waals surface area contributed by atoms with E-state index in [1.807, 2.05) is 0 Å². The molecule has 3 N–H and O–H groups in total. The highest BCUT2D eigenvalue weighted by Gasteiger charge is 2.24. The molecule has 6 nitrogen and oxygen atoms in total. The summed E-state index contributed by atoms with van der Waals surface area (Å²) in [4.78, 5) is 13.6. The monoisotopic (exact) mass is 291 g/mol. The van der Waals surface area contributed by atoms with E-state index in [0.717, 1.165) is 19.3 Å². The Bertz CT molecular complexity index is 605. The molecule has 0 saturated carbocycles. The molecule has 0 bridgehead atoms. The maximum absolute atomic E-state index is 12.2. The van der Waals surface area contributed by atoms with Gasteiger partial charge >= 0.3 is 0 Å². The largest absolute Gasteiger partial charge is 0.344 e. The van der Waals surface area contributed by atoms with Crippen LogP contribution in [0.5, 0.6) is 0 Å². The molecule has 1 atom stereocenters. The van der Waals surface area contributed by atoms with Crippen LogP contribution in [0.4, 0.5) is 0 Å². The zero-order valence-corrected chi connectivity index (χ0v) is 11.9. The molecule has 2 heterocycles. The van der Waals surface area contributed by atoms with E-state index in [-0.39, 0.29) is 11.9 Å². The second kappa shape index (κ2) is 5.72. The lowest BCUT2D eigenvalue weighted by atomic mass is 9.94. The second-order valence-corrected chi connectivity index (χ2v) is 5.87. The van der Waals surface area contributed by atoms with Crippen molar-refractivity contribution in [1.82, 2.24) is 20.3 Å². The molecule has 1 aliphatic carbocycles. The molecule has 2 aromatic heterocycles. The predicted molar refractivity (Wildman–Crippen MR) is 76.5 cm³/mol. The molecule has 0 spiro atoms. The van der Waals surface area contributed by atoms with Gasteiger partial charge in [0, 0.05) is 11.4 Å². The Morgan fingerprint density at radius 1 is 1.60 bits per heavy atom. The molecule has 1 unspecified atom stereocenters. The van der Waals surface area contributed by atoms with Crippen LogP contribution in [0.1, 0.15) is 39.8 Å². The van der Waals surface area contributed by atoms with Crippen LogP contribution in [0.2, 0.25) is 0 Å². The summed E-state index contributed by atoms with van der Waals surface area (Å²) in [5, 5.41) is 12.9. The first kappa shape index (κ1) is 13.3. The van der Waals surface area contributed by atoms with E-state index < -0.39 is 0 Å². The summed E-state index contributed by atoms with van der Waals surface area (Å²) in [5.74, 6) is -0.169. The van der Waals surface area contributed by atoms with Crippen molar-refractivity contribution in [1.29, 1.82) is 0 Å². The van der Waals surface area contributed by atoms with Crippen LogP contribution in [-0.2, 0) is 13.0 Å². The Morgan fingerprint density at radius 3 is 3.35 bits per heavy atom. The lowest BCUT2D eigenvalue weighted by Gasteiger charge is -2.23. The van der Waals surface area contributed by atoms with E-state index in [9.17, 15) is 4.79 Å². The summed E-state index contributed by atoms with van der Waals surface area (Å²) in [5.41, 5.74) is 7.05. The van der Waals surface area contributed by atoms with Gasteiger partial charge in [-0.2, -0.15) is 0 Å².